The van der Waals surface area contributed by atoms with Gasteiger partial charge < -0.3 is 5.11 Å². The van der Waals surface area contributed by atoms with Gasteiger partial charge in [0.2, 0.25) is 0 Å². The van der Waals surface area contributed by atoms with Crippen molar-refractivity contribution in [2.45, 2.75) is 44.4 Å². The molecule has 0 bridgehead atoms. The zero-order chi connectivity index (χ0) is 14.1. The summed E-state index contributed by atoms with van der Waals surface area (Å²) in [6.45, 7) is 14.1. The highest BCUT2D eigenvalue weighted by Crippen LogP contribution is 2.37. The van der Waals surface area contributed by atoms with Crippen molar-refractivity contribution in [1.29, 1.82) is 0 Å². The molecule has 18 heavy (non-hydrogen) atoms. The van der Waals surface area contributed by atoms with Crippen molar-refractivity contribution in [2.24, 2.45) is 0 Å². The van der Waals surface area contributed by atoms with Crippen molar-refractivity contribution in [3.05, 3.63) is 35.4 Å². The van der Waals surface area contributed by atoms with Crippen LogP contribution in [0.25, 0.3) is 0 Å². The van der Waals surface area contributed by atoms with Crippen molar-refractivity contribution < 1.29 is 9.90 Å². The lowest BCUT2D eigenvalue weighted by Gasteiger charge is -2.39. The summed E-state index contributed by atoms with van der Waals surface area (Å²) in [6.07, 6.45) is 0. The Labute approximate surface area is 112 Å². The van der Waals surface area contributed by atoms with Crippen LogP contribution in [0.2, 0.25) is 39.3 Å². The number of carboxylic acid groups (broad SMARTS) is 1. The van der Waals surface area contributed by atoms with Crippen LogP contribution in [0.5, 0.6) is 0 Å². The molecule has 0 spiro atoms. The Hall–Kier alpha value is -0.876. The first-order valence-corrected chi connectivity index (χ1v) is 13.5. The van der Waals surface area contributed by atoms with Gasteiger partial charge in [-0.3, -0.25) is 0 Å². The number of carboxylic acids is 1. The molecule has 1 N–H and O–H groups in total. The average molecular weight is 281 g/mol. The molecule has 0 atom stereocenters. The maximum absolute atomic E-state index is 11.4. The van der Waals surface area contributed by atoms with Crippen LogP contribution in [0.15, 0.2) is 24.3 Å². The number of hydrogen-bond donors (Lipinski definition) is 1. The summed E-state index contributed by atoms with van der Waals surface area (Å²) < 4.78 is 0. The van der Waals surface area contributed by atoms with Crippen LogP contribution in [0.4, 0.5) is 0 Å². The van der Waals surface area contributed by atoms with Gasteiger partial charge in [-0.2, -0.15) is 0 Å². The van der Waals surface area contributed by atoms with Gasteiger partial charge in [0.25, 0.3) is 0 Å². The minimum Gasteiger partial charge on any atom is -0.478 e. The fraction of sp³-hybridized carbons (Fsp3) is 0.500. The lowest BCUT2D eigenvalue weighted by atomic mass is 10.1. The Morgan fingerprint density at radius 1 is 1.00 bits per heavy atom. The molecule has 100 valence electrons. The predicted molar refractivity (Wildman–Crippen MR) is 82.8 cm³/mol. The Bertz CT molecular complexity index is 428. The SMILES string of the molecule is C[Si](C)(C)C(c1ccccc1C(=O)O)[Si](C)(C)C. The monoisotopic (exact) mass is 280 g/mol. The second-order valence-corrected chi connectivity index (χ2v) is 18.3. The van der Waals surface area contributed by atoms with E-state index < -0.39 is 22.1 Å². The van der Waals surface area contributed by atoms with Crippen LogP contribution in [-0.2, 0) is 0 Å². The lowest BCUT2D eigenvalue weighted by Crippen LogP contribution is -2.47. The van der Waals surface area contributed by atoms with Gasteiger partial charge in [-0.05, 0) is 16.8 Å². The number of rotatable bonds is 4. The molecule has 2 nitrogen and oxygen atoms in total. The van der Waals surface area contributed by atoms with Crippen molar-refractivity contribution in [2.75, 3.05) is 0 Å². The number of hydrogen-bond acceptors (Lipinski definition) is 1. The van der Waals surface area contributed by atoms with E-state index in [4.69, 9.17) is 0 Å². The molecule has 0 saturated heterocycles. The summed E-state index contributed by atoms with van der Waals surface area (Å²) in [7, 11) is -2.88. The number of carbonyl (C=O) groups is 1. The molecule has 0 unspecified atom stereocenters. The number of aromatic carboxylic acids is 1. The van der Waals surface area contributed by atoms with Crippen LogP contribution in [-0.4, -0.2) is 27.2 Å². The highest BCUT2D eigenvalue weighted by Gasteiger charge is 2.40. The van der Waals surface area contributed by atoms with E-state index in [2.05, 4.69) is 39.3 Å². The van der Waals surface area contributed by atoms with E-state index in [-0.39, 0.29) is 0 Å². The van der Waals surface area contributed by atoms with Gasteiger partial charge in [-0.25, -0.2) is 4.79 Å². The van der Waals surface area contributed by atoms with E-state index in [0.29, 0.717) is 10.7 Å². The normalized spacial score (nSPS) is 12.8. The fourth-order valence-corrected chi connectivity index (χ4v) is 15.9. The summed E-state index contributed by atoms with van der Waals surface area (Å²) in [5, 5.41) is 9.85. The zero-order valence-electron chi connectivity index (χ0n) is 12.2. The molecule has 0 aliphatic carbocycles. The molecule has 1 aromatic carbocycles. The van der Waals surface area contributed by atoms with Crippen LogP contribution >= 0.6 is 0 Å². The largest absolute Gasteiger partial charge is 0.478 e. The predicted octanol–water partition coefficient (Wildman–Crippen LogP) is 4.22. The first kappa shape index (κ1) is 15.2. The molecule has 0 aromatic heterocycles. The quantitative estimate of drug-likeness (QED) is 0.838. The summed E-state index contributed by atoms with van der Waals surface area (Å²) in [6, 6.07) is 7.54. The van der Waals surface area contributed by atoms with Crippen LogP contribution in [0, 0.1) is 0 Å². The van der Waals surface area contributed by atoms with E-state index in [1.807, 2.05) is 18.2 Å². The maximum Gasteiger partial charge on any atom is 0.335 e. The minimum absolute atomic E-state index is 0.470. The highest BCUT2D eigenvalue weighted by molar-refractivity contribution is 6.96. The lowest BCUT2D eigenvalue weighted by molar-refractivity contribution is 0.0696. The highest BCUT2D eigenvalue weighted by atomic mass is 28.4. The Balaban J connectivity index is 3.45. The van der Waals surface area contributed by atoms with Crippen molar-refractivity contribution in [1.82, 2.24) is 0 Å². The van der Waals surface area contributed by atoms with Crippen LogP contribution < -0.4 is 0 Å². The minimum atomic E-state index is -1.44. The first-order valence-electron chi connectivity index (χ1n) is 6.37. The van der Waals surface area contributed by atoms with Gasteiger partial charge in [0, 0.05) is 16.1 Å². The van der Waals surface area contributed by atoms with Crippen molar-refractivity contribution >= 4 is 22.1 Å². The molecule has 0 aliphatic rings. The second kappa shape index (κ2) is 5.01. The van der Waals surface area contributed by atoms with Gasteiger partial charge in [0.1, 0.15) is 0 Å². The van der Waals surface area contributed by atoms with Crippen LogP contribution in [0.1, 0.15) is 21.1 Å². The molecule has 0 fully saturated rings. The van der Waals surface area contributed by atoms with E-state index in [0.717, 1.165) is 5.56 Å². The maximum atomic E-state index is 11.4. The summed E-state index contributed by atoms with van der Waals surface area (Å²) in [4.78, 5) is 11.4. The molecule has 0 saturated carbocycles. The van der Waals surface area contributed by atoms with E-state index in [9.17, 15) is 9.90 Å². The smallest absolute Gasteiger partial charge is 0.335 e. The van der Waals surface area contributed by atoms with Gasteiger partial charge in [0.05, 0.1) is 5.56 Å². The number of benzene rings is 1. The van der Waals surface area contributed by atoms with E-state index in [1.165, 1.54) is 0 Å². The molecule has 1 rings (SSSR count). The van der Waals surface area contributed by atoms with Gasteiger partial charge in [-0.1, -0.05) is 57.5 Å². The topological polar surface area (TPSA) is 37.3 Å². The van der Waals surface area contributed by atoms with Gasteiger partial charge in [-0.15, -0.1) is 0 Å². The Kier molecular flexibility index (Phi) is 4.23. The Morgan fingerprint density at radius 3 is 1.83 bits per heavy atom. The second-order valence-electron chi connectivity index (χ2n) is 7.06. The standard InChI is InChI=1S/C14H24O2Si2/c1-17(2,3)14(18(4,5)6)12-10-8-7-9-11(12)13(15)16/h7-10,14H,1-6H3,(H,15,16). The molecule has 4 heteroatoms. The summed E-state index contributed by atoms with van der Waals surface area (Å²) in [5.41, 5.74) is 1.55. The summed E-state index contributed by atoms with van der Waals surface area (Å²) in [5.74, 6) is -0.799. The molecule has 1 aromatic rings. The fourth-order valence-electron chi connectivity index (χ4n) is 3.18. The molecule has 0 amide bonds. The molecule has 0 aliphatic heterocycles. The van der Waals surface area contributed by atoms with Crippen LogP contribution in [0.3, 0.4) is 0 Å². The van der Waals surface area contributed by atoms with E-state index in [1.54, 1.807) is 6.07 Å². The first-order chi connectivity index (χ1) is 8.05. The third kappa shape index (κ3) is 3.32. The zero-order valence-corrected chi connectivity index (χ0v) is 14.2. The third-order valence-corrected chi connectivity index (χ3v) is 12.5. The molecule has 0 radical (unpaired) electrons. The summed E-state index contributed by atoms with van der Waals surface area (Å²) >= 11 is 0. The van der Waals surface area contributed by atoms with E-state index >= 15 is 0 Å². The van der Waals surface area contributed by atoms with Gasteiger partial charge >= 0.3 is 5.97 Å². The Morgan fingerprint density at radius 2 is 1.44 bits per heavy atom. The van der Waals surface area contributed by atoms with Gasteiger partial charge in [0.15, 0.2) is 0 Å². The molecule has 0 heterocycles. The van der Waals surface area contributed by atoms with Crippen molar-refractivity contribution in [3.8, 4) is 0 Å². The average Bonchev–Trinajstić information content (AvgIpc) is 2.13. The molecular weight excluding hydrogens is 256 g/mol. The van der Waals surface area contributed by atoms with Crippen molar-refractivity contribution in [3.63, 3.8) is 0 Å². The molecular formula is C14H24O2Si2. The third-order valence-electron chi connectivity index (χ3n) is 3.23.